The molecule has 8 heteroatoms. The van der Waals surface area contributed by atoms with Crippen LogP contribution < -0.4 is 0 Å². The summed E-state index contributed by atoms with van der Waals surface area (Å²) in [7, 11) is 0. The molecule has 36 heavy (non-hydrogen) atoms. The van der Waals surface area contributed by atoms with E-state index in [9.17, 15) is 0 Å². The van der Waals surface area contributed by atoms with Gasteiger partial charge in [0, 0.05) is 72.4 Å². The molecule has 0 radical (unpaired) electrons. The molecule has 0 fully saturated rings. The summed E-state index contributed by atoms with van der Waals surface area (Å²) in [6, 6.07) is 11.2. The third kappa shape index (κ3) is 2.79. The molecule has 0 atom stereocenters. The minimum atomic E-state index is -3.24. The molecule has 0 aliphatic heterocycles. The van der Waals surface area contributed by atoms with Crippen LogP contribution >= 0.6 is 45.3 Å². The lowest BCUT2D eigenvalue weighted by Crippen LogP contribution is -2.16. The van der Waals surface area contributed by atoms with E-state index in [1.807, 2.05) is 12.1 Å². The Morgan fingerprint density at radius 2 is 1.03 bits per heavy atom. The van der Waals surface area contributed by atoms with Crippen LogP contribution in [0, 0.1) is 27.7 Å². The molecule has 5 aromatic rings. The highest BCUT2D eigenvalue weighted by Crippen LogP contribution is 2.64. The van der Waals surface area contributed by atoms with Gasteiger partial charge in [0.05, 0.1) is 0 Å². The molecule has 7 rings (SSSR count). The molecule has 0 spiro atoms. The summed E-state index contributed by atoms with van der Waals surface area (Å²) in [6.07, 6.45) is 0. The van der Waals surface area contributed by atoms with Crippen molar-refractivity contribution in [2.75, 3.05) is 0 Å². The number of thiophene rings is 4. The maximum atomic E-state index is 16.0. The van der Waals surface area contributed by atoms with Crippen LogP contribution in [0.25, 0.3) is 40.4 Å². The lowest BCUT2D eigenvalue weighted by Gasteiger charge is -2.22. The number of halogens is 4. The number of hydrogen-bond acceptors (Lipinski definition) is 4. The Labute approximate surface area is 221 Å². The number of fused-ring (bicyclic) bond motifs is 6. The topological polar surface area (TPSA) is 0 Å². The summed E-state index contributed by atoms with van der Waals surface area (Å²) in [5, 5.41) is 0. The smallest absolute Gasteiger partial charge is 0.196 e. The van der Waals surface area contributed by atoms with E-state index in [0.29, 0.717) is 20.9 Å². The Morgan fingerprint density at radius 1 is 0.528 bits per heavy atom. The molecule has 0 nitrogen and oxygen atoms in total. The second-order valence-corrected chi connectivity index (χ2v) is 14.1. The summed E-state index contributed by atoms with van der Waals surface area (Å²) >= 11 is 5.81. The lowest BCUT2D eigenvalue weighted by molar-refractivity contribution is 0.0443. The van der Waals surface area contributed by atoms with Gasteiger partial charge in [0.25, 0.3) is 0 Å². The molecular weight excluding hydrogens is 541 g/mol. The minimum absolute atomic E-state index is 0.0554. The minimum Gasteiger partial charge on any atom is -0.196 e. The molecule has 0 saturated heterocycles. The van der Waals surface area contributed by atoms with Crippen molar-refractivity contribution in [1.82, 2.24) is 0 Å². The van der Waals surface area contributed by atoms with E-state index in [0.717, 1.165) is 24.4 Å². The highest BCUT2D eigenvalue weighted by atomic mass is 32.1. The average molecular weight is 559 g/mol. The lowest BCUT2D eigenvalue weighted by atomic mass is 9.88. The SMILES string of the molecule is Cc1ccc(-c2ccc(-c3cc4c(s3)-c3c(C)c5c(c(C)c3C4(F)F)-c3sc(C)cc3C5(F)F)s2)s1. The first-order valence-corrected chi connectivity index (χ1v) is 14.6. The van der Waals surface area contributed by atoms with Crippen LogP contribution in [0.15, 0.2) is 36.4 Å². The number of aryl methyl sites for hydroxylation is 2. The van der Waals surface area contributed by atoms with Crippen molar-refractivity contribution in [3.8, 4) is 40.4 Å². The normalized spacial score (nSPS) is 16.2. The van der Waals surface area contributed by atoms with Crippen molar-refractivity contribution in [3.63, 3.8) is 0 Å². The molecule has 2 aliphatic rings. The van der Waals surface area contributed by atoms with Gasteiger partial charge in [0.2, 0.25) is 0 Å². The van der Waals surface area contributed by atoms with Gasteiger partial charge >= 0.3 is 11.8 Å². The summed E-state index contributed by atoms with van der Waals surface area (Å²) in [5.74, 6) is -6.43. The zero-order chi connectivity index (χ0) is 25.3. The number of rotatable bonds is 2. The molecule has 0 bridgehead atoms. The second kappa shape index (κ2) is 7.19. The summed E-state index contributed by atoms with van der Waals surface area (Å²) in [4.78, 5) is 6.71. The average Bonchev–Trinajstić information content (AvgIpc) is 3.60. The van der Waals surface area contributed by atoms with Crippen molar-refractivity contribution in [2.45, 2.75) is 39.5 Å². The van der Waals surface area contributed by atoms with Gasteiger partial charge in [-0.25, -0.2) is 0 Å². The first kappa shape index (κ1) is 22.9. The Bertz CT molecular complexity index is 1740. The largest absolute Gasteiger partial charge is 0.300 e. The van der Waals surface area contributed by atoms with Gasteiger partial charge in [-0.1, -0.05) is 0 Å². The van der Waals surface area contributed by atoms with E-state index in [-0.39, 0.29) is 33.4 Å². The maximum absolute atomic E-state index is 16.0. The van der Waals surface area contributed by atoms with Crippen LogP contribution in [0.3, 0.4) is 0 Å². The Balaban J connectivity index is 1.43. The van der Waals surface area contributed by atoms with Crippen LogP contribution in [0.5, 0.6) is 0 Å². The Hall–Kier alpha value is -2.26. The van der Waals surface area contributed by atoms with Gasteiger partial charge in [-0.15, -0.1) is 45.3 Å². The zero-order valence-electron chi connectivity index (χ0n) is 19.6. The van der Waals surface area contributed by atoms with Crippen molar-refractivity contribution in [1.29, 1.82) is 0 Å². The van der Waals surface area contributed by atoms with Crippen LogP contribution in [0.1, 0.15) is 43.1 Å². The van der Waals surface area contributed by atoms with E-state index < -0.39 is 11.8 Å². The maximum Gasteiger partial charge on any atom is 0.300 e. The quantitative estimate of drug-likeness (QED) is 0.189. The molecule has 0 N–H and O–H groups in total. The monoisotopic (exact) mass is 558 g/mol. The molecule has 4 heterocycles. The van der Waals surface area contributed by atoms with Crippen LogP contribution in [0.2, 0.25) is 0 Å². The van der Waals surface area contributed by atoms with E-state index in [1.54, 1.807) is 49.5 Å². The highest BCUT2D eigenvalue weighted by Gasteiger charge is 2.54. The highest BCUT2D eigenvalue weighted by molar-refractivity contribution is 7.27. The Kier molecular flexibility index (Phi) is 4.57. The molecule has 1 aromatic carbocycles. The molecule has 182 valence electrons. The fraction of sp³-hybridized carbons (Fsp3) is 0.214. The third-order valence-electron chi connectivity index (χ3n) is 7.18. The second-order valence-electron chi connectivity index (χ2n) is 9.43. The predicted octanol–water partition coefficient (Wildman–Crippen LogP) is 10.7. The van der Waals surface area contributed by atoms with Gasteiger partial charge in [-0.2, -0.15) is 17.6 Å². The van der Waals surface area contributed by atoms with Crippen LogP contribution in [0.4, 0.5) is 17.6 Å². The molecule has 0 unspecified atom stereocenters. The van der Waals surface area contributed by atoms with Gasteiger partial charge in [-0.05, 0) is 75.2 Å². The number of hydrogen-bond donors (Lipinski definition) is 0. The first-order chi connectivity index (χ1) is 17.0. The molecule has 2 aliphatic carbocycles. The van der Waals surface area contributed by atoms with Gasteiger partial charge < -0.3 is 0 Å². The van der Waals surface area contributed by atoms with Gasteiger partial charge in [0.1, 0.15) is 0 Å². The fourth-order valence-corrected chi connectivity index (χ4v) is 10.2. The van der Waals surface area contributed by atoms with E-state index >= 15 is 17.6 Å². The summed E-state index contributed by atoms with van der Waals surface area (Å²) < 4.78 is 63.4. The third-order valence-corrected chi connectivity index (χ3v) is 11.9. The van der Waals surface area contributed by atoms with Crippen LogP contribution in [-0.2, 0) is 11.8 Å². The summed E-state index contributed by atoms with van der Waals surface area (Å²) in [6.45, 7) is 6.99. The fourth-order valence-electron chi connectivity index (χ4n) is 5.66. The van der Waals surface area contributed by atoms with Crippen molar-refractivity contribution >= 4 is 45.3 Å². The summed E-state index contributed by atoms with van der Waals surface area (Å²) in [5.41, 5.74) is 0.789. The zero-order valence-corrected chi connectivity index (χ0v) is 22.9. The molecular formula is C28H18F4S4. The molecule has 0 amide bonds. The van der Waals surface area contributed by atoms with E-state index in [2.05, 4.69) is 19.1 Å². The number of alkyl halides is 4. The van der Waals surface area contributed by atoms with Gasteiger partial charge in [-0.3, -0.25) is 0 Å². The standard InChI is InChI=1S/C28H18F4S4/c1-11-5-6-17(33-11)18-7-8-19(35-18)20-10-16-26(36-20)22-14(4)23-21(13(3)24(22)28(16,31)32)25-15(27(23,29)30)9-12(2)34-25/h5-10H,1-4H3. The van der Waals surface area contributed by atoms with Crippen molar-refractivity contribution in [3.05, 3.63) is 79.5 Å². The van der Waals surface area contributed by atoms with Crippen LogP contribution in [-0.4, -0.2) is 0 Å². The number of benzene rings is 1. The van der Waals surface area contributed by atoms with Gasteiger partial charge in [0.15, 0.2) is 0 Å². The van der Waals surface area contributed by atoms with E-state index in [1.165, 1.54) is 33.6 Å². The molecule has 0 saturated carbocycles. The molecule has 4 aromatic heterocycles. The predicted molar refractivity (Wildman–Crippen MR) is 145 cm³/mol. The van der Waals surface area contributed by atoms with Crippen molar-refractivity contribution < 1.29 is 17.6 Å². The Morgan fingerprint density at radius 3 is 1.61 bits per heavy atom. The van der Waals surface area contributed by atoms with E-state index in [4.69, 9.17) is 0 Å². The first-order valence-electron chi connectivity index (χ1n) is 11.4. The van der Waals surface area contributed by atoms with Crippen molar-refractivity contribution in [2.24, 2.45) is 0 Å².